The van der Waals surface area contributed by atoms with Crippen molar-refractivity contribution < 1.29 is 19.4 Å². The first-order valence-corrected chi connectivity index (χ1v) is 6.94. The molecule has 1 aromatic carbocycles. The van der Waals surface area contributed by atoms with E-state index in [1.54, 1.807) is 12.1 Å². The number of aliphatic carboxylic acids is 1. The number of nitrogens with two attached hydrogens (primary N) is 1. The van der Waals surface area contributed by atoms with Crippen LogP contribution in [0.2, 0.25) is 0 Å². The standard InChI is InChI=1S/C13H15BrN2O4/c14-8-1-2-10(13(15)19)11(5-8)16-3-4-20-9(7-16)6-12(17)18/h1-2,5,9H,3-4,6-7H2,(H2,15,19)(H,17,18). The second kappa shape index (κ2) is 6.23. The molecule has 0 aromatic heterocycles. The molecule has 108 valence electrons. The van der Waals surface area contributed by atoms with E-state index < -0.39 is 11.9 Å². The molecule has 0 spiro atoms. The van der Waals surface area contributed by atoms with Gasteiger partial charge in [0.25, 0.3) is 5.91 Å². The van der Waals surface area contributed by atoms with Crippen molar-refractivity contribution in [3.63, 3.8) is 0 Å². The molecule has 7 heteroatoms. The Morgan fingerprint density at radius 3 is 2.90 bits per heavy atom. The number of anilines is 1. The molecule has 3 N–H and O–H groups in total. The van der Waals surface area contributed by atoms with Crippen molar-refractivity contribution in [2.45, 2.75) is 12.5 Å². The van der Waals surface area contributed by atoms with Crippen molar-refractivity contribution in [2.24, 2.45) is 5.73 Å². The van der Waals surface area contributed by atoms with Crippen LogP contribution >= 0.6 is 15.9 Å². The highest BCUT2D eigenvalue weighted by atomic mass is 79.9. The number of nitrogens with zero attached hydrogens (tertiary/aromatic N) is 1. The van der Waals surface area contributed by atoms with Gasteiger partial charge in [-0.05, 0) is 18.2 Å². The van der Waals surface area contributed by atoms with Crippen LogP contribution in [0.25, 0.3) is 0 Å². The number of carboxylic acids is 1. The number of rotatable bonds is 4. The Labute approximate surface area is 124 Å². The molecule has 2 rings (SSSR count). The molecule has 20 heavy (non-hydrogen) atoms. The summed E-state index contributed by atoms with van der Waals surface area (Å²) < 4.78 is 6.25. The zero-order valence-corrected chi connectivity index (χ0v) is 12.3. The highest BCUT2D eigenvalue weighted by molar-refractivity contribution is 9.10. The van der Waals surface area contributed by atoms with E-state index in [0.717, 1.165) is 4.47 Å². The van der Waals surface area contributed by atoms with Gasteiger partial charge in [0.2, 0.25) is 0 Å². The predicted octanol–water partition coefficient (Wildman–Crippen LogP) is 1.23. The molecule has 0 radical (unpaired) electrons. The van der Waals surface area contributed by atoms with Crippen molar-refractivity contribution >= 4 is 33.5 Å². The monoisotopic (exact) mass is 342 g/mol. The number of morpholine rings is 1. The fraction of sp³-hybridized carbons (Fsp3) is 0.385. The van der Waals surface area contributed by atoms with E-state index in [0.29, 0.717) is 30.9 Å². The molecule has 1 heterocycles. The molecule has 1 aromatic rings. The van der Waals surface area contributed by atoms with E-state index in [-0.39, 0.29) is 12.5 Å². The molecule has 1 aliphatic heterocycles. The lowest BCUT2D eigenvalue weighted by molar-refractivity contribution is -0.140. The van der Waals surface area contributed by atoms with Crippen molar-refractivity contribution in [3.05, 3.63) is 28.2 Å². The summed E-state index contributed by atoms with van der Waals surface area (Å²) in [4.78, 5) is 24.2. The van der Waals surface area contributed by atoms with Crippen molar-refractivity contribution in [3.8, 4) is 0 Å². The number of primary amides is 1. The fourth-order valence-corrected chi connectivity index (χ4v) is 2.58. The lowest BCUT2D eigenvalue weighted by atomic mass is 10.1. The average Bonchev–Trinajstić information content (AvgIpc) is 2.37. The maximum Gasteiger partial charge on any atom is 0.306 e. The summed E-state index contributed by atoms with van der Waals surface area (Å²) in [6.07, 6.45) is -0.447. The Morgan fingerprint density at radius 1 is 1.50 bits per heavy atom. The summed E-state index contributed by atoms with van der Waals surface area (Å²) in [6.45, 7) is 1.43. The third kappa shape index (κ3) is 3.49. The van der Waals surface area contributed by atoms with Crippen LogP contribution in [-0.4, -0.2) is 42.8 Å². The first kappa shape index (κ1) is 14.8. The molecule has 0 aliphatic carbocycles. The van der Waals surface area contributed by atoms with Crippen LogP contribution in [0.1, 0.15) is 16.8 Å². The SMILES string of the molecule is NC(=O)c1ccc(Br)cc1N1CCOC(CC(=O)O)C1. The lowest BCUT2D eigenvalue weighted by Crippen LogP contribution is -2.44. The first-order valence-electron chi connectivity index (χ1n) is 6.15. The topological polar surface area (TPSA) is 92.9 Å². The van der Waals surface area contributed by atoms with Gasteiger partial charge < -0.3 is 20.5 Å². The minimum atomic E-state index is -0.902. The summed E-state index contributed by atoms with van der Waals surface area (Å²) in [6, 6.07) is 5.21. The molecule has 0 bridgehead atoms. The molecule has 1 atom stereocenters. The average molecular weight is 343 g/mol. The number of hydrogen-bond donors (Lipinski definition) is 2. The zero-order chi connectivity index (χ0) is 14.7. The first-order chi connectivity index (χ1) is 9.47. The number of carbonyl (C=O) groups is 2. The second-order valence-electron chi connectivity index (χ2n) is 4.56. The largest absolute Gasteiger partial charge is 0.481 e. The minimum Gasteiger partial charge on any atom is -0.481 e. The van der Waals surface area contributed by atoms with Gasteiger partial charge in [-0.2, -0.15) is 0 Å². The molecule has 1 saturated heterocycles. The Kier molecular flexibility index (Phi) is 4.61. The second-order valence-corrected chi connectivity index (χ2v) is 5.48. The lowest BCUT2D eigenvalue weighted by Gasteiger charge is -2.34. The van der Waals surface area contributed by atoms with Gasteiger partial charge in [-0.1, -0.05) is 15.9 Å². The number of amides is 1. The number of carboxylic acid groups (broad SMARTS) is 1. The summed E-state index contributed by atoms with van der Waals surface area (Å²) in [5.74, 6) is -1.41. The van der Waals surface area contributed by atoms with Gasteiger partial charge in [0.05, 0.1) is 30.4 Å². The molecular weight excluding hydrogens is 328 g/mol. The molecule has 1 amide bonds. The van der Waals surface area contributed by atoms with Crippen LogP contribution in [0.5, 0.6) is 0 Å². The summed E-state index contributed by atoms with van der Waals surface area (Å²) >= 11 is 3.36. The van der Waals surface area contributed by atoms with Crippen molar-refractivity contribution in [1.29, 1.82) is 0 Å². The third-order valence-corrected chi connectivity index (χ3v) is 3.60. The van der Waals surface area contributed by atoms with Gasteiger partial charge in [0, 0.05) is 17.6 Å². The minimum absolute atomic E-state index is 0.0591. The van der Waals surface area contributed by atoms with Gasteiger partial charge >= 0.3 is 5.97 Å². The van der Waals surface area contributed by atoms with E-state index >= 15 is 0 Å². The molecule has 1 aliphatic rings. The molecule has 1 fully saturated rings. The molecule has 1 unspecified atom stereocenters. The van der Waals surface area contributed by atoms with Gasteiger partial charge in [-0.3, -0.25) is 9.59 Å². The number of carbonyl (C=O) groups excluding carboxylic acids is 1. The van der Waals surface area contributed by atoms with E-state index in [9.17, 15) is 9.59 Å². The Hall–Kier alpha value is -1.60. The maximum absolute atomic E-state index is 11.5. The normalized spacial score (nSPS) is 18.9. The van der Waals surface area contributed by atoms with Gasteiger partial charge in [0.15, 0.2) is 0 Å². The van der Waals surface area contributed by atoms with E-state index in [1.165, 1.54) is 0 Å². The third-order valence-electron chi connectivity index (χ3n) is 3.11. The van der Waals surface area contributed by atoms with E-state index in [4.69, 9.17) is 15.6 Å². The summed E-state index contributed by atoms with van der Waals surface area (Å²) in [5, 5.41) is 8.83. The van der Waals surface area contributed by atoms with Crippen molar-refractivity contribution in [2.75, 3.05) is 24.6 Å². The number of hydrogen-bond acceptors (Lipinski definition) is 4. The highest BCUT2D eigenvalue weighted by Gasteiger charge is 2.25. The van der Waals surface area contributed by atoms with Gasteiger partial charge in [-0.25, -0.2) is 0 Å². The Balaban J connectivity index is 2.24. The summed E-state index contributed by atoms with van der Waals surface area (Å²) in [7, 11) is 0. The van der Waals surface area contributed by atoms with E-state index in [2.05, 4.69) is 15.9 Å². The molecular formula is C13H15BrN2O4. The van der Waals surface area contributed by atoms with Crippen LogP contribution < -0.4 is 10.6 Å². The number of benzene rings is 1. The van der Waals surface area contributed by atoms with Crippen LogP contribution in [-0.2, 0) is 9.53 Å². The maximum atomic E-state index is 11.5. The Bertz CT molecular complexity index is 535. The fourth-order valence-electron chi connectivity index (χ4n) is 2.23. The molecule has 6 nitrogen and oxygen atoms in total. The number of halogens is 1. The van der Waals surface area contributed by atoms with Crippen LogP contribution in [0.3, 0.4) is 0 Å². The molecule has 0 saturated carbocycles. The van der Waals surface area contributed by atoms with Crippen LogP contribution in [0.15, 0.2) is 22.7 Å². The number of ether oxygens (including phenoxy) is 1. The predicted molar refractivity (Wildman–Crippen MR) is 76.9 cm³/mol. The smallest absolute Gasteiger partial charge is 0.306 e. The van der Waals surface area contributed by atoms with Gasteiger partial charge in [-0.15, -0.1) is 0 Å². The van der Waals surface area contributed by atoms with Crippen LogP contribution in [0.4, 0.5) is 5.69 Å². The van der Waals surface area contributed by atoms with Crippen LogP contribution in [0, 0.1) is 0 Å². The van der Waals surface area contributed by atoms with E-state index in [1.807, 2.05) is 11.0 Å². The highest BCUT2D eigenvalue weighted by Crippen LogP contribution is 2.27. The summed E-state index contributed by atoms with van der Waals surface area (Å²) in [5.41, 5.74) is 6.50. The zero-order valence-electron chi connectivity index (χ0n) is 10.7. The van der Waals surface area contributed by atoms with Crippen molar-refractivity contribution in [1.82, 2.24) is 0 Å². The Morgan fingerprint density at radius 2 is 2.25 bits per heavy atom. The van der Waals surface area contributed by atoms with Gasteiger partial charge in [0.1, 0.15) is 0 Å². The quantitative estimate of drug-likeness (QED) is 0.858.